The summed E-state index contributed by atoms with van der Waals surface area (Å²) in [6.45, 7) is 8.23. The van der Waals surface area contributed by atoms with E-state index in [1.54, 1.807) is 43.6 Å². The Morgan fingerprint density at radius 2 is 1.77 bits per heavy atom. The van der Waals surface area contributed by atoms with E-state index in [-0.39, 0.29) is 5.56 Å². The number of benzene rings is 2. The van der Waals surface area contributed by atoms with Crippen molar-refractivity contribution in [2.24, 2.45) is 0 Å². The van der Waals surface area contributed by atoms with Crippen LogP contribution >= 0.6 is 11.6 Å². The average molecular weight is 552 g/mol. The van der Waals surface area contributed by atoms with Crippen LogP contribution < -0.4 is 20.3 Å². The molecule has 2 N–H and O–H groups in total. The highest BCUT2D eigenvalue weighted by Crippen LogP contribution is 2.39. The Hall–Kier alpha value is -3.89. The number of halogens is 1. The van der Waals surface area contributed by atoms with Gasteiger partial charge in [-0.1, -0.05) is 23.7 Å². The van der Waals surface area contributed by atoms with Crippen LogP contribution in [0.3, 0.4) is 0 Å². The molecule has 0 spiro atoms. The van der Waals surface area contributed by atoms with Crippen molar-refractivity contribution in [3.05, 3.63) is 59.2 Å². The average Bonchev–Trinajstić information content (AvgIpc) is 2.94. The Labute approximate surface area is 233 Å². The number of nitrogens with one attached hydrogen (secondary N) is 2. The number of ketones is 1. The number of nitrogens with zero attached hydrogens (tertiary/aromatic N) is 5. The first-order chi connectivity index (χ1) is 18.8. The number of hydrogen-bond acceptors (Lipinski definition) is 9. The molecule has 3 aromatic rings. The smallest absolute Gasteiger partial charge is 0.295 e. The van der Waals surface area contributed by atoms with Gasteiger partial charge in [0, 0.05) is 57.2 Å². The molecular formula is C28H34ClN7O3. The van der Waals surface area contributed by atoms with Crippen molar-refractivity contribution in [3.8, 4) is 5.75 Å². The number of anilines is 5. The fourth-order valence-corrected chi connectivity index (χ4v) is 4.78. The van der Waals surface area contributed by atoms with Crippen LogP contribution in [0.2, 0.25) is 5.02 Å². The quantitative estimate of drug-likeness (QED) is 0.280. The van der Waals surface area contributed by atoms with Crippen LogP contribution in [0.4, 0.5) is 28.8 Å². The molecular weight excluding hydrogens is 518 g/mol. The molecule has 206 valence electrons. The summed E-state index contributed by atoms with van der Waals surface area (Å²) in [5.41, 5.74) is 2.30. The highest BCUT2D eigenvalue weighted by molar-refractivity contribution is 6.43. The Bertz CT molecular complexity index is 1320. The summed E-state index contributed by atoms with van der Waals surface area (Å²) in [6, 6.07) is 12.3. The van der Waals surface area contributed by atoms with Gasteiger partial charge in [0.05, 0.1) is 29.1 Å². The molecule has 10 nitrogen and oxygen atoms in total. The van der Waals surface area contributed by atoms with Crippen LogP contribution in [0.15, 0.2) is 48.7 Å². The molecule has 2 heterocycles. The van der Waals surface area contributed by atoms with Gasteiger partial charge in [-0.3, -0.25) is 9.59 Å². The number of ether oxygens (including phenoxy) is 1. The SMILES string of the molecule is CCN(CC)C(=O)C(=O)c1ccccc1Nc1ccnc(Nc2cc(Cl)c(N3CCN(C)CC3)c(OC)c2)n1. The van der Waals surface area contributed by atoms with Crippen LogP contribution in [0.25, 0.3) is 0 Å². The molecule has 1 aromatic heterocycles. The number of carbonyl (C=O) groups is 2. The van der Waals surface area contributed by atoms with Gasteiger partial charge in [-0.15, -0.1) is 0 Å². The summed E-state index contributed by atoms with van der Waals surface area (Å²) in [6.07, 6.45) is 1.60. The summed E-state index contributed by atoms with van der Waals surface area (Å²) in [5.74, 6) is 0.333. The maximum absolute atomic E-state index is 13.0. The molecule has 0 bridgehead atoms. The summed E-state index contributed by atoms with van der Waals surface area (Å²) in [5, 5.41) is 6.91. The highest BCUT2D eigenvalue weighted by atomic mass is 35.5. The third-order valence-corrected chi connectivity index (χ3v) is 6.95. The van der Waals surface area contributed by atoms with Crippen molar-refractivity contribution in [2.75, 3.05) is 69.0 Å². The monoisotopic (exact) mass is 551 g/mol. The van der Waals surface area contributed by atoms with Crippen molar-refractivity contribution in [1.29, 1.82) is 0 Å². The fraction of sp³-hybridized carbons (Fsp3) is 0.357. The van der Waals surface area contributed by atoms with E-state index in [4.69, 9.17) is 16.3 Å². The van der Waals surface area contributed by atoms with Gasteiger partial charge in [-0.2, -0.15) is 4.98 Å². The lowest BCUT2D eigenvalue weighted by Crippen LogP contribution is -2.44. The van der Waals surface area contributed by atoms with Crippen LogP contribution in [0, 0.1) is 0 Å². The lowest BCUT2D eigenvalue weighted by molar-refractivity contribution is -0.126. The molecule has 0 atom stereocenters. The predicted octanol–water partition coefficient (Wildman–Crippen LogP) is 4.43. The Kier molecular flexibility index (Phi) is 9.21. The number of carbonyl (C=O) groups excluding carboxylic acids is 2. The van der Waals surface area contributed by atoms with Gasteiger partial charge in [-0.05, 0) is 45.2 Å². The van der Waals surface area contributed by atoms with Crippen LogP contribution in [-0.2, 0) is 4.79 Å². The zero-order chi connectivity index (χ0) is 27.9. The maximum Gasteiger partial charge on any atom is 0.295 e. The van der Waals surface area contributed by atoms with Gasteiger partial charge in [0.1, 0.15) is 11.6 Å². The normalized spacial score (nSPS) is 13.6. The highest BCUT2D eigenvalue weighted by Gasteiger charge is 2.24. The molecule has 4 rings (SSSR count). The third-order valence-electron chi connectivity index (χ3n) is 6.66. The van der Waals surface area contributed by atoms with Crippen molar-refractivity contribution in [1.82, 2.24) is 19.8 Å². The minimum Gasteiger partial charge on any atom is -0.494 e. The zero-order valence-corrected chi connectivity index (χ0v) is 23.5. The Balaban J connectivity index is 1.53. The van der Waals surface area contributed by atoms with E-state index in [9.17, 15) is 9.59 Å². The number of likely N-dealkylation sites (N-methyl/N-ethyl adjacent to an activating group) is 2. The second kappa shape index (κ2) is 12.8. The van der Waals surface area contributed by atoms with Gasteiger partial charge in [0.15, 0.2) is 0 Å². The Morgan fingerprint density at radius 1 is 1.05 bits per heavy atom. The van der Waals surface area contributed by atoms with E-state index < -0.39 is 11.7 Å². The molecule has 0 radical (unpaired) electrons. The van der Waals surface area contributed by atoms with Gasteiger partial charge in [-0.25, -0.2) is 4.98 Å². The topological polar surface area (TPSA) is 103 Å². The van der Waals surface area contributed by atoms with Gasteiger partial charge < -0.3 is 30.1 Å². The predicted molar refractivity (Wildman–Crippen MR) is 155 cm³/mol. The minimum atomic E-state index is -0.573. The lowest BCUT2D eigenvalue weighted by atomic mass is 10.1. The third kappa shape index (κ3) is 6.58. The minimum absolute atomic E-state index is 0.276. The van der Waals surface area contributed by atoms with Gasteiger partial charge in [0.2, 0.25) is 5.95 Å². The molecule has 1 aliphatic rings. The largest absolute Gasteiger partial charge is 0.494 e. The Morgan fingerprint density at radius 3 is 2.46 bits per heavy atom. The molecule has 11 heteroatoms. The van der Waals surface area contributed by atoms with Crippen molar-refractivity contribution >= 4 is 52.1 Å². The number of hydrogen-bond donors (Lipinski definition) is 2. The van der Waals surface area contributed by atoms with Crippen molar-refractivity contribution in [3.63, 3.8) is 0 Å². The van der Waals surface area contributed by atoms with E-state index in [1.807, 2.05) is 26.0 Å². The molecule has 1 saturated heterocycles. The van der Waals surface area contributed by atoms with Crippen LogP contribution in [0.1, 0.15) is 24.2 Å². The number of aromatic nitrogens is 2. The standard InChI is InChI=1S/C28H34ClN7O3/c1-5-35(6-2)27(38)26(37)20-9-7-8-10-22(20)32-24-11-12-30-28(33-24)31-19-17-21(29)25(23(18-19)39-4)36-15-13-34(3)14-16-36/h7-12,17-18H,5-6,13-16H2,1-4H3,(H2,30,31,32,33). The number of amides is 1. The van der Waals surface area contributed by atoms with E-state index in [2.05, 4.69) is 37.4 Å². The zero-order valence-electron chi connectivity index (χ0n) is 22.7. The first-order valence-corrected chi connectivity index (χ1v) is 13.3. The number of Topliss-reactive ketones (excluding diaryl/α,β-unsaturated/α-hetero) is 1. The summed E-state index contributed by atoms with van der Waals surface area (Å²) in [4.78, 5) is 40.5. The second-order valence-corrected chi connectivity index (χ2v) is 9.57. The van der Waals surface area contributed by atoms with E-state index in [0.29, 0.717) is 47.0 Å². The molecule has 0 saturated carbocycles. The fourth-order valence-electron chi connectivity index (χ4n) is 4.45. The molecule has 39 heavy (non-hydrogen) atoms. The number of para-hydroxylation sites is 1. The molecule has 1 amide bonds. The number of rotatable bonds is 10. The molecule has 0 aliphatic carbocycles. The first kappa shape index (κ1) is 28.1. The van der Waals surface area contributed by atoms with Crippen LogP contribution in [-0.4, -0.2) is 84.9 Å². The molecule has 2 aromatic carbocycles. The van der Waals surface area contributed by atoms with Gasteiger partial charge >= 0.3 is 0 Å². The summed E-state index contributed by atoms with van der Waals surface area (Å²) < 4.78 is 5.68. The van der Waals surface area contributed by atoms with E-state index in [1.165, 1.54) is 4.90 Å². The lowest BCUT2D eigenvalue weighted by Gasteiger charge is -2.35. The first-order valence-electron chi connectivity index (χ1n) is 12.9. The molecule has 1 fully saturated rings. The van der Waals surface area contributed by atoms with Crippen LogP contribution in [0.5, 0.6) is 5.75 Å². The summed E-state index contributed by atoms with van der Waals surface area (Å²) in [7, 11) is 3.73. The van der Waals surface area contributed by atoms with Crippen molar-refractivity contribution in [2.45, 2.75) is 13.8 Å². The second-order valence-electron chi connectivity index (χ2n) is 9.17. The van der Waals surface area contributed by atoms with Crippen molar-refractivity contribution < 1.29 is 14.3 Å². The molecule has 0 unspecified atom stereocenters. The number of piperazine rings is 1. The molecule has 1 aliphatic heterocycles. The van der Waals surface area contributed by atoms with E-state index >= 15 is 0 Å². The number of methoxy groups -OCH3 is 1. The van der Waals surface area contributed by atoms with E-state index in [0.717, 1.165) is 31.9 Å². The van der Waals surface area contributed by atoms with Gasteiger partial charge in [0.25, 0.3) is 11.7 Å². The summed E-state index contributed by atoms with van der Waals surface area (Å²) >= 11 is 6.71. The maximum atomic E-state index is 13.0.